The summed E-state index contributed by atoms with van der Waals surface area (Å²) < 4.78 is 13.0. The summed E-state index contributed by atoms with van der Waals surface area (Å²) in [6, 6.07) is 18.7. The molecule has 3 heteroatoms. The van der Waals surface area contributed by atoms with Crippen LogP contribution >= 0.6 is 0 Å². The third kappa shape index (κ3) is 5.58. The molecule has 27 heavy (non-hydrogen) atoms. The van der Waals surface area contributed by atoms with Gasteiger partial charge in [-0.15, -0.1) is 0 Å². The van der Waals surface area contributed by atoms with Crippen molar-refractivity contribution in [2.75, 3.05) is 0 Å². The minimum atomic E-state index is -0.229. The molecule has 138 valence electrons. The molecular formula is C24H24FNO. The van der Waals surface area contributed by atoms with Gasteiger partial charge in [-0.25, -0.2) is 4.39 Å². The number of benzene rings is 2. The zero-order valence-corrected chi connectivity index (χ0v) is 15.8. The van der Waals surface area contributed by atoms with Gasteiger partial charge in [0, 0.05) is 24.7 Å². The van der Waals surface area contributed by atoms with Gasteiger partial charge < -0.3 is 0 Å². The molecule has 0 N–H and O–H groups in total. The number of carbonyl (C=O) groups is 1. The largest absolute Gasteiger partial charge is 0.299 e. The maximum Gasteiger partial charge on any atom is 0.137 e. The topological polar surface area (TPSA) is 30.0 Å². The molecule has 0 bridgehead atoms. The molecule has 3 aromatic rings. The first kappa shape index (κ1) is 19.0. The van der Waals surface area contributed by atoms with E-state index in [2.05, 4.69) is 30.1 Å². The highest BCUT2D eigenvalue weighted by Crippen LogP contribution is 2.21. The molecule has 1 heterocycles. The van der Waals surface area contributed by atoms with Gasteiger partial charge in [-0.2, -0.15) is 0 Å². The van der Waals surface area contributed by atoms with Gasteiger partial charge in [0.1, 0.15) is 11.6 Å². The van der Waals surface area contributed by atoms with Crippen molar-refractivity contribution in [2.24, 2.45) is 5.92 Å². The normalized spacial score (nSPS) is 12.0. The van der Waals surface area contributed by atoms with Crippen LogP contribution in [0.1, 0.15) is 30.2 Å². The van der Waals surface area contributed by atoms with Crippen LogP contribution in [0.4, 0.5) is 4.39 Å². The van der Waals surface area contributed by atoms with E-state index >= 15 is 0 Å². The van der Waals surface area contributed by atoms with Crippen LogP contribution < -0.4 is 0 Å². The highest BCUT2D eigenvalue weighted by Gasteiger charge is 2.11. The van der Waals surface area contributed by atoms with Crippen molar-refractivity contribution in [3.63, 3.8) is 0 Å². The number of ketones is 1. The SMILES string of the molecule is Cc1cc(-c2ccc(CC(=O)CC(C)Cc3ccc(F)cc3)cc2)ccn1. The van der Waals surface area contributed by atoms with Crippen LogP contribution in [0, 0.1) is 18.7 Å². The number of hydrogen-bond acceptors (Lipinski definition) is 2. The lowest BCUT2D eigenvalue weighted by atomic mass is 9.93. The summed E-state index contributed by atoms with van der Waals surface area (Å²) in [6.07, 6.45) is 3.57. The van der Waals surface area contributed by atoms with Crippen LogP contribution in [0.15, 0.2) is 66.9 Å². The molecular weight excluding hydrogens is 337 g/mol. The Hall–Kier alpha value is -2.81. The van der Waals surface area contributed by atoms with Gasteiger partial charge in [0.15, 0.2) is 0 Å². The molecule has 1 unspecified atom stereocenters. The molecule has 2 aromatic carbocycles. The fraction of sp³-hybridized carbons (Fsp3) is 0.250. The Bertz CT molecular complexity index is 900. The molecule has 0 aliphatic rings. The number of rotatable bonds is 7. The van der Waals surface area contributed by atoms with E-state index in [4.69, 9.17) is 0 Å². The zero-order valence-electron chi connectivity index (χ0n) is 15.8. The van der Waals surface area contributed by atoms with Gasteiger partial charge in [0.25, 0.3) is 0 Å². The molecule has 0 radical (unpaired) electrons. The van der Waals surface area contributed by atoms with Crippen LogP contribution in [0.2, 0.25) is 0 Å². The highest BCUT2D eigenvalue weighted by atomic mass is 19.1. The average Bonchev–Trinajstić information content (AvgIpc) is 2.64. The van der Waals surface area contributed by atoms with Crippen molar-refractivity contribution >= 4 is 5.78 Å². The van der Waals surface area contributed by atoms with Crippen molar-refractivity contribution in [2.45, 2.75) is 33.1 Å². The standard InChI is InChI=1S/C24H24FNO/c1-17(13-19-5-9-23(25)10-6-19)14-24(27)16-20-3-7-21(8-4-20)22-11-12-26-18(2)15-22/h3-12,15,17H,13-14,16H2,1-2H3. The number of nitrogens with zero attached hydrogens (tertiary/aromatic N) is 1. The van der Waals surface area contributed by atoms with Gasteiger partial charge in [0.05, 0.1) is 0 Å². The molecule has 0 aliphatic heterocycles. The van der Waals surface area contributed by atoms with Crippen LogP contribution in [-0.4, -0.2) is 10.8 Å². The van der Waals surface area contributed by atoms with E-state index < -0.39 is 0 Å². The lowest BCUT2D eigenvalue weighted by Crippen LogP contribution is -2.10. The van der Waals surface area contributed by atoms with Gasteiger partial charge >= 0.3 is 0 Å². The zero-order chi connectivity index (χ0) is 19.2. The number of aryl methyl sites for hydroxylation is 1. The van der Waals surface area contributed by atoms with E-state index in [1.54, 1.807) is 12.1 Å². The van der Waals surface area contributed by atoms with E-state index in [9.17, 15) is 9.18 Å². The first-order chi connectivity index (χ1) is 13.0. The molecule has 3 rings (SSSR count). The van der Waals surface area contributed by atoms with Crippen molar-refractivity contribution < 1.29 is 9.18 Å². The monoisotopic (exact) mass is 361 g/mol. The predicted molar refractivity (Wildman–Crippen MR) is 107 cm³/mol. The second-order valence-corrected chi connectivity index (χ2v) is 7.24. The minimum Gasteiger partial charge on any atom is -0.299 e. The van der Waals surface area contributed by atoms with Gasteiger partial charge in [0.2, 0.25) is 0 Å². The summed E-state index contributed by atoms with van der Waals surface area (Å²) in [7, 11) is 0. The predicted octanol–water partition coefficient (Wildman–Crippen LogP) is 5.58. The summed E-state index contributed by atoms with van der Waals surface area (Å²) in [5, 5.41) is 0. The third-order valence-electron chi connectivity index (χ3n) is 4.66. The fourth-order valence-electron chi connectivity index (χ4n) is 3.32. The summed E-state index contributed by atoms with van der Waals surface area (Å²) in [5.41, 5.74) is 5.34. The van der Waals surface area contributed by atoms with Gasteiger partial charge in [-0.1, -0.05) is 43.3 Å². The molecule has 2 nitrogen and oxygen atoms in total. The Kier molecular flexibility index (Phi) is 6.12. The van der Waals surface area contributed by atoms with Crippen molar-refractivity contribution in [1.29, 1.82) is 0 Å². The first-order valence-electron chi connectivity index (χ1n) is 9.28. The second-order valence-electron chi connectivity index (χ2n) is 7.24. The molecule has 0 fully saturated rings. The fourth-order valence-corrected chi connectivity index (χ4v) is 3.32. The van der Waals surface area contributed by atoms with Crippen LogP contribution in [0.3, 0.4) is 0 Å². The first-order valence-corrected chi connectivity index (χ1v) is 9.28. The third-order valence-corrected chi connectivity index (χ3v) is 4.66. The average molecular weight is 361 g/mol. The Labute approximate surface area is 160 Å². The van der Waals surface area contributed by atoms with E-state index in [1.807, 2.05) is 31.3 Å². The quantitative estimate of drug-likeness (QED) is 0.550. The molecule has 0 aliphatic carbocycles. The summed E-state index contributed by atoms with van der Waals surface area (Å²) >= 11 is 0. The second kappa shape index (κ2) is 8.72. The lowest BCUT2D eigenvalue weighted by Gasteiger charge is -2.11. The Morgan fingerprint density at radius 3 is 2.30 bits per heavy atom. The Morgan fingerprint density at radius 2 is 1.63 bits per heavy atom. The summed E-state index contributed by atoms with van der Waals surface area (Å²) in [6.45, 7) is 4.04. The summed E-state index contributed by atoms with van der Waals surface area (Å²) in [5.74, 6) is 0.243. The molecule has 1 atom stereocenters. The van der Waals surface area contributed by atoms with Crippen molar-refractivity contribution in [3.05, 3.63) is 89.5 Å². The number of pyridine rings is 1. The maximum atomic E-state index is 13.0. The number of halogens is 1. The molecule has 0 saturated heterocycles. The maximum absolute atomic E-state index is 13.0. The van der Waals surface area contributed by atoms with E-state index in [1.165, 1.54) is 12.1 Å². The molecule has 0 saturated carbocycles. The van der Waals surface area contributed by atoms with E-state index in [0.29, 0.717) is 12.8 Å². The molecule has 0 amide bonds. The molecule has 1 aromatic heterocycles. The van der Waals surface area contributed by atoms with Crippen LogP contribution in [0.25, 0.3) is 11.1 Å². The smallest absolute Gasteiger partial charge is 0.137 e. The highest BCUT2D eigenvalue weighted by molar-refractivity contribution is 5.81. The van der Waals surface area contributed by atoms with Crippen molar-refractivity contribution in [1.82, 2.24) is 4.98 Å². The van der Waals surface area contributed by atoms with Gasteiger partial charge in [-0.3, -0.25) is 9.78 Å². The van der Waals surface area contributed by atoms with E-state index in [-0.39, 0.29) is 17.5 Å². The van der Waals surface area contributed by atoms with E-state index in [0.717, 1.165) is 34.4 Å². The number of carbonyl (C=O) groups excluding carboxylic acids is 1. The minimum absolute atomic E-state index is 0.229. The van der Waals surface area contributed by atoms with Crippen LogP contribution in [0.5, 0.6) is 0 Å². The number of Topliss-reactive ketones (excluding diaryl/α,β-unsaturated/α-hetero) is 1. The summed E-state index contributed by atoms with van der Waals surface area (Å²) in [4.78, 5) is 16.6. The van der Waals surface area contributed by atoms with Crippen LogP contribution in [-0.2, 0) is 17.6 Å². The number of aromatic nitrogens is 1. The van der Waals surface area contributed by atoms with Gasteiger partial charge in [-0.05, 0) is 65.8 Å². The van der Waals surface area contributed by atoms with Crippen molar-refractivity contribution in [3.8, 4) is 11.1 Å². The lowest BCUT2D eigenvalue weighted by molar-refractivity contribution is -0.119. The Morgan fingerprint density at radius 1 is 0.963 bits per heavy atom. The number of hydrogen-bond donors (Lipinski definition) is 0. The molecule has 0 spiro atoms. The Balaban J connectivity index is 1.55.